The zero-order valence-corrected chi connectivity index (χ0v) is 52.4. The molecule has 0 spiro atoms. The van der Waals surface area contributed by atoms with E-state index in [2.05, 4.69) is 67.0 Å². The second kappa shape index (κ2) is 24.6. The number of halogens is 2. The monoisotopic (exact) mass is 1200 g/mol. The first-order chi connectivity index (χ1) is 39.9. The Balaban J connectivity index is 0.785. The van der Waals surface area contributed by atoms with Crippen LogP contribution in [0.4, 0.5) is 36.8 Å². The van der Waals surface area contributed by atoms with Crippen LogP contribution < -0.4 is 19.9 Å². The van der Waals surface area contributed by atoms with Gasteiger partial charge in [-0.2, -0.15) is 5.10 Å². The lowest BCUT2D eigenvalue weighted by Gasteiger charge is -2.48. The lowest BCUT2D eigenvalue weighted by atomic mass is 9.91. The third-order valence-corrected chi connectivity index (χ3v) is 19.3. The average Bonchev–Trinajstić information content (AvgIpc) is 1.97. The van der Waals surface area contributed by atoms with Crippen molar-refractivity contribution in [2.24, 2.45) is 0 Å². The van der Waals surface area contributed by atoms with Gasteiger partial charge in [-0.05, 0) is 87.8 Å². The van der Waals surface area contributed by atoms with Crippen LogP contribution in [0.5, 0.6) is 5.75 Å². The number of amides is 3. The Hall–Kier alpha value is -6.70. The molecule has 4 aromatic heterocycles. The van der Waals surface area contributed by atoms with Gasteiger partial charge in [-0.15, -0.1) is 0 Å². The highest BCUT2D eigenvalue weighted by atomic mass is 32.2. The summed E-state index contributed by atoms with van der Waals surface area (Å²) >= 11 is 0. The molecule has 8 heterocycles. The Morgan fingerprint density at radius 2 is 1.56 bits per heavy atom. The molecule has 3 saturated heterocycles. The van der Waals surface area contributed by atoms with Crippen LogP contribution >= 0.6 is 0 Å². The van der Waals surface area contributed by atoms with E-state index in [1.807, 2.05) is 60.3 Å². The summed E-state index contributed by atoms with van der Waals surface area (Å²) < 4.78 is 69.5. The summed E-state index contributed by atoms with van der Waals surface area (Å²) in [6.07, 6.45) is 6.03. The molecule has 9 rings (SSSR count). The summed E-state index contributed by atoms with van der Waals surface area (Å²) in [6, 6.07) is 4.17. The number of nitrogens with zero attached hydrogens (tertiary/aromatic N) is 13. The highest BCUT2D eigenvalue weighted by molar-refractivity contribution is 7.92. The molecule has 85 heavy (non-hydrogen) atoms. The lowest BCUT2D eigenvalue weighted by Crippen LogP contribution is -2.65. The molecule has 0 unspecified atom stereocenters. The third-order valence-electron chi connectivity index (χ3n) is 16.8. The number of anilines is 4. The minimum absolute atomic E-state index is 0.0174. The number of carbonyl (C=O) groups is 3. The summed E-state index contributed by atoms with van der Waals surface area (Å²) in [5, 5.41) is 11.0. The number of piperazine rings is 3. The van der Waals surface area contributed by atoms with Gasteiger partial charge in [0.05, 0.1) is 40.4 Å². The molecule has 25 heteroatoms. The molecule has 0 aliphatic carbocycles. The van der Waals surface area contributed by atoms with Crippen LogP contribution in [0.15, 0.2) is 48.0 Å². The maximum absolute atomic E-state index is 15.2. The molecule has 4 aliphatic rings. The molecule has 22 nitrogen and oxygen atoms in total. The van der Waals surface area contributed by atoms with E-state index in [1.165, 1.54) is 18.6 Å². The number of alkyl halides is 2. The molecule has 3 amide bonds. The van der Waals surface area contributed by atoms with E-state index in [4.69, 9.17) is 9.47 Å². The number of aromatic amines is 1. The number of nitrogens with one attached hydrogen (secondary N) is 2. The summed E-state index contributed by atoms with van der Waals surface area (Å²) in [5.74, 6) is -1.69. The van der Waals surface area contributed by atoms with E-state index in [0.717, 1.165) is 11.3 Å². The largest absolute Gasteiger partial charge is 0.492 e. The number of benzene rings is 1. The first-order valence-electron chi connectivity index (χ1n) is 29.6. The average molecular weight is 1200 g/mol. The van der Waals surface area contributed by atoms with E-state index < -0.39 is 37.6 Å². The number of ether oxygens (including phenoxy) is 2. The molecule has 5 aromatic rings. The second-order valence-corrected chi connectivity index (χ2v) is 28.6. The fraction of sp³-hybridized carbons (Fsp3) is 0.617. The molecule has 462 valence electrons. The molecule has 4 aliphatic heterocycles. The van der Waals surface area contributed by atoms with Gasteiger partial charge < -0.3 is 34.4 Å². The normalized spacial score (nSPS) is 20.2. The Bertz CT molecular complexity index is 3360. The predicted octanol–water partition coefficient (Wildman–Crippen LogP) is 7.73. The highest BCUT2D eigenvalue weighted by Crippen LogP contribution is 2.43. The van der Waals surface area contributed by atoms with E-state index in [-0.39, 0.29) is 65.7 Å². The van der Waals surface area contributed by atoms with Gasteiger partial charge in [-0.1, -0.05) is 27.2 Å². The summed E-state index contributed by atoms with van der Waals surface area (Å²) in [4.78, 5) is 78.8. The molecule has 3 atom stereocenters. The first kappa shape index (κ1) is 62.8. The smallest absolute Gasteiger partial charge is 0.410 e. The van der Waals surface area contributed by atoms with Crippen LogP contribution in [-0.4, -0.2) is 206 Å². The Labute approximate surface area is 498 Å². The van der Waals surface area contributed by atoms with Crippen LogP contribution in [0.2, 0.25) is 0 Å². The summed E-state index contributed by atoms with van der Waals surface area (Å²) in [5.41, 5.74) is 2.32. The maximum Gasteiger partial charge on any atom is 0.410 e. The lowest BCUT2D eigenvalue weighted by molar-refractivity contribution is -0.121. The van der Waals surface area contributed by atoms with Gasteiger partial charge in [-0.25, -0.2) is 41.9 Å². The molecule has 3 fully saturated rings. The third kappa shape index (κ3) is 13.8. The molecular formula is C60H85F2N15O7S. The molecular weight excluding hydrogens is 1110 g/mol. The topological polar surface area (TPSA) is 232 Å². The number of hydrogen-bond acceptors (Lipinski definition) is 18. The van der Waals surface area contributed by atoms with Crippen molar-refractivity contribution in [3.63, 3.8) is 0 Å². The van der Waals surface area contributed by atoms with E-state index >= 15 is 8.78 Å². The van der Waals surface area contributed by atoms with Crippen molar-refractivity contribution in [1.29, 1.82) is 0 Å². The maximum atomic E-state index is 15.2. The van der Waals surface area contributed by atoms with Crippen molar-refractivity contribution in [3.8, 4) is 5.75 Å². The molecule has 0 radical (unpaired) electrons. The number of H-pyrrole nitrogens is 1. The van der Waals surface area contributed by atoms with Crippen LogP contribution in [0.3, 0.4) is 0 Å². The molecule has 0 saturated carbocycles. The predicted molar refractivity (Wildman–Crippen MR) is 322 cm³/mol. The number of hydrogen-bond donors (Lipinski definition) is 2. The number of sulfone groups is 1. The Morgan fingerprint density at radius 3 is 2.21 bits per heavy atom. The second-order valence-electron chi connectivity index (χ2n) is 26.0. The summed E-state index contributed by atoms with van der Waals surface area (Å²) in [6.45, 7) is 30.7. The van der Waals surface area contributed by atoms with E-state index in [1.54, 1.807) is 62.0 Å². The van der Waals surface area contributed by atoms with Crippen molar-refractivity contribution < 1.29 is 41.1 Å². The van der Waals surface area contributed by atoms with Gasteiger partial charge in [0.15, 0.2) is 15.7 Å². The van der Waals surface area contributed by atoms with Crippen molar-refractivity contribution in [2.75, 3.05) is 107 Å². The van der Waals surface area contributed by atoms with Gasteiger partial charge >= 0.3 is 6.09 Å². The molecule has 1 aromatic carbocycles. The molecule has 2 N–H and O–H groups in total. The van der Waals surface area contributed by atoms with E-state index in [0.29, 0.717) is 137 Å². The number of fused-ring (bicyclic) bond motifs is 2. The Morgan fingerprint density at radius 1 is 0.847 bits per heavy atom. The zero-order chi connectivity index (χ0) is 61.6. The van der Waals surface area contributed by atoms with Crippen LogP contribution in [-0.2, 0) is 30.7 Å². The quantitative estimate of drug-likeness (QED) is 0.0848. The van der Waals surface area contributed by atoms with Gasteiger partial charge in [0.25, 0.3) is 11.8 Å². The van der Waals surface area contributed by atoms with Gasteiger partial charge in [0.2, 0.25) is 11.9 Å². The highest BCUT2D eigenvalue weighted by Gasteiger charge is 2.45. The number of rotatable bonds is 17. The number of carbonyl (C=O) groups excluding carboxylic acids is 3. The number of aromatic nitrogens is 7. The van der Waals surface area contributed by atoms with Crippen molar-refractivity contribution in [1.82, 2.24) is 59.6 Å². The van der Waals surface area contributed by atoms with E-state index in [9.17, 15) is 22.8 Å². The minimum atomic E-state index is -3.86. The van der Waals surface area contributed by atoms with Gasteiger partial charge in [0, 0.05) is 155 Å². The fourth-order valence-corrected chi connectivity index (χ4v) is 12.9. The van der Waals surface area contributed by atoms with Crippen LogP contribution in [0, 0.1) is 13.8 Å². The first-order valence-corrected chi connectivity index (χ1v) is 31.1. The van der Waals surface area contributed by atoms with Gasteiger partial charge in [-0.3, -0.25) is 34.4 Å². The van der Waals surface area contributed by atoms with Crippen molar-refractivity contribution in [2.45, 2.75) is 154 Å². The number of pyridine rings is 1. The zero-order valence-electron chi connectivity index (χ0n) is 51.6. The van der Waals surface area contributed by atoms with Crippen LogP contribution in [0.1, 0.15) is 128 Å². The van der Waals surface area contributed by atoms with Crippen LogP contribution in [0.25, 0.3) is 10.9 Å². The molecule has 0 bridgehead atoms. The SMILES string of the molecule is CCCC(F)(F)c1cnc2c(c1)N(C(=O)CN1C[C@H](C)N(C(=O)OC(C)(C)C)C[C@@H]1CN1CCN(c3ncc(C(=O)N4CCN(CCCOc5cc6ncnc(Nc7n[nH]c(C)c7C)c6cc5S(=O)(=O)C(C)(C)C)CC4)cn3)C[C@H]1C)CC2(C)C. The standard InChI is InChI=1S/C60H85F2N15O7S/c1-14-16-60(61,62)43-25-47-51(63-30-43)59(12,13)36-77(47)50(78)35-75-32-39(3)76(56(80)84-57(6,7)8)34-44(75)33-73-22-23-74(31-38(73)2)55-64-28-42(29-65-55)54(79)72-20-18-71(19-21-72)17-15-24-83-48-27-46-45(26-49(48)85(81,82)58(9,10)11)53(67-37-66-46)68-52-40(4)41(5)69-70-52/h25-30,37-39,44H,14-24,31-36H2,1-13H3,(H2,66,67,68,69,70)/t38-,39+,44+/m1/s1. The van der Waals surface area contributed by atoms with Crippen molar-refractivity contribution >= 4 is 61.9 Å². The van der Waals surface area contributed by atoms with Gasteiger partial charge in [0.1, 0.15) is 28.4 Å². The summed E-state index contributed by atoms with van der Waals surface area (Å²) in [7, 11) is -3.86. The fourth-order valence-electron chi connectivity index (χ4n) is 11.6. The number of aryl methyl sites for hydroxylation is 1. The van der Waals surface area contributed by atoms with Crippen molar-refractivity contribution in [3.05, 3.63) is 71.2 Å². The minimum Gasteiger partial charge on any atom is -0.492 e. The Kier molecular flexibility index (Phi) is 18.2.